The molecule has 1 saturated carbocycles. The van der Waals surface area contributed by atoms with Crippen molar-refractivity contribution < 1.29 is 47.3 Å². The number of hydrogen-bond acceptors (Lipinski definition) is 3. The topological polar surface area (TPSA) is 46.5 Å². The van der Waals surface area contributed by atoms with Gasteiger partial charge in [0.05, 0.1) is 12.4 Å². The Hall–Kier alpha value is -1.03. The van der Waals surface area contributed by atoms with Gasteiger partial charge in [-0.3, -0.25) is 4.79 Å². The van der Waals surface area contributed by atoms with Gasteiger partial charge in [0.25, 0.3) is 0 Å². The first-order valence-corrected chi connectivity index (χ1v) is 9.19. The predicted octanol–water partition coefficient (Wildman–Crippen LogP) is 4.43. The number of ketones is 1. The van der Waals surface area contributed by atoms with Crippen molar-refractivity contribution in [1.29, 1.82) is 0 Å². The van der Waals surface area contributed by atoms with Crippen molar-refractivity contribution in [3.05, 3.63) is 72.3 Å². The van der Waals surface area contributed by atoms with E-state index in [4.69, 9.17) is 4.74 Å². The Morgan fingerprint density at radius 2 is 1.89 bits per heavy atom. The van der Waals surface area contributed by atoms with E-state index in [1.807, 2.05) is 44.2 Å². The molecule has 1 aliphatic rings. The van der Waals surface area contributed by atoms with E-state index in [1.54, 1.807) is 0 Å². The van der Waals surface area contributed by atoms with Gasteiger partial charge in [0.15, 0.2) is 0 Å². The molecule has 0 amide bonds. The van der Waals surface area contributed by atoms with Gasteiger partial charge in [0.2, 0.25) is 0 Å². The van der Waals surface area contributed by atoms with Crippen LogP contribution in [0.1, 0.15) is 49.3 Å². The fraction of sp³-hybridized carbons (Fsp3) is 0.391. The molecule has 0 heterocycles. The summed E-state index contributed by atoms with van der Waals surface area (Å²) in [7, 11) is 3.47. The largest absolute Gasteiger partial charge is 0.665 e. The van der Waals surface area contributed by atoms with E-state index >= 15 is 0 Å². The number of benzene rings is 2. The van der Waals surface area contributed by atoms with Crippen LogP contribution in [0.15, 0.2) is 48.5 Å². The summed E-state index contributed by atoms with van der Waals surface area (Å²) in [6.45, 7) is 4.13. The normalized spacial score (nSPS) is 19.6. The summed E-state index contributed by atoms with van der Waals surface area (Å²) in [6, 6.07) is 16.1. The smallest absolute Gasteiger partial charge is 0.140 e. The van der Waals surface area contributed by atoms with Crippen LogP contribution in [0, 0.1) is 13.0 Å². The third-order valence-corrected chi connectivity index (χ3v) is 5.59. The van der Waals surface area contributed by atoms with Crippen molar-refractivity contribution >= 4 is 5.78 Å². The minimum atomic E-state index is -0.272. The molecule has 3 rings (SSSR count). The molecule has 3 nitrogen and oxygen atoms in total. The Bertz CT molecular complexity index is 767. The van der Waals surface area contributed by atoms with Crippen LogP contribution >= 0.6 is 0 Å². The molecule has 2 unspecified atom stereocenters. The Morgan fingerprint density at radius 3 is 2.52 bits per heavy atom. The van der Waals surface area contributed by atoms with E-state index < -0.39 is 0 Å². The van der Waals surface area contributed by atoms with Crippen LogP contribution in [0.5, 0.6) is 5.75 Å². The van der Waals surface area contributed by atoms with Crippen molar-refractivity contribution in [1.82, 2.24) is 0 Å². The molecule has 2 aromatic rings. The van der Waals surface area contributed by atoms with Gasteiger partial charge in [0, 0.05) is 50.5 Å². The van der Waals surface area contributed by atoms with E-state index in [1.165, 1.54) is 5.56 Å². The first-order chi connectivity index (χ1) is 12.4. The van der Waals surface area contributed by atoms with Crippen LogP contribution in [0.3, 0.4) is 0 Å². The van der Waals surface area contributed by atoms with Crippen molar-refractivity contribution in [3.8, 4) is 5.75 Å². The van der Waals surface area contributed by atoms with Gasteiger partial charge >= 0.3 is 0 Å². The number of aliphatic hydroxyl groups is 1. The van der Waals surface area contributed by atoms with E-state index in [2.05, 4.69) is 25.3 Å². The molecule has 1 aliphatic carbocycles. The van der Waals surface area contributed by atoms with Crippen LogP contribution in [-0.4, -0.2) is 17.5 Å². The fourth-order valence-electron chi connectivity index (χ4n) is 3.89. The molecule has 1 fully saturated rings. The Balaban J connectivity index is 0.00000261. The van der Waals surface area contributed by atoms with Gasteiger partial charge in [-0.25, -0.2) is 0 Å². The quantitative estimate of drug-likeness (QED) is 0.677. The van der Waals surface area contributed by atoms with E-state index in [0.29, 0.717) is 18.1 Å². The van der Waals surface area contributed by atoms with Crippen LogP contribution in [0.4, 0.5) is 0 Å². The molecule has 0 saturated heterocycles. The van der Waals surface area contributed by atoms with Crippen molar-refractivity contribution in [2.45, 2.75) is 44.4 Å². The molecular weight excluding hydrogens is 413 g/mol. The van der Waals surface area contributed by atoms with Crippen LogP contribution < -0.4 is 4.74 Å². The Kier molecular flexibility index (Phi) is 7.79. The van der Waals surface area contributed by atoms with E-state index in [-0.39, 0.29) is 50.6 Å². The molecule has 1 N–H and O–H groups in total. The van der Waals surface area contributed by atoms with Gasteiger partial charge in [-0.15, -0.1) is 0 Å². The summed E-state index contributed by atoms with van der Waals surface area (Å²) < 4.78 is 5.07. The van der Waals surface area contributed by atoms with Crippen molar-refractivity contribution in [2.75, 3.05) is 6.61 Å². The second-order valence-corrected chi connectivity index (χ2v) is 7.90. The first kappa shape index (κ1) is 22.3. The maximum Gasteiger partial charge on any atom is 0.140 e. The molecule has 0 aliphatic heterocycles. The minimum Gasteiger partial charge on any atom is -0.665 e. The van der Waals surface area contributed by atoms with Gasteiger partial charge < -0.3 is 9.84 Å². The predicted molar refractivity (Wildman–Crippen MR) is 103 cm³/mol. The molecule has 0 spiro atoms. The number of ether oxygens (including phenoxy) is 1. The molecule has 1 radical (unpaired) electrons. The second-order valence-electron chi connectivity index (χ2n) is 7.90. The summed E-state index contributed by atoms with van der Waals surface area (Å²) >= 11 is 0. The summed E-state index contributed by atoms with van der Waals surface area (Å²) in [5.41, 5.74) is 3.08. The standard InChI is InChI=1S/C23H27O3.Y/c1-23(2,15-24)19-10-7-17(8-11-19)22-18(9-12-21(22)25)13-16-5-4-6-20(14-16)26-3;/h4-8,10-11,14,18,22,24H,3,9,12-13,15H2,1-2H3;/q-1;. The average molecular weight is 440 g/mol. The number of aliphatic hydroxyl groups excluding tert-OH is 1. The van der Waals surface area contributed by atoms with E-state index in [0.717, 1.165) is 29.7 Å². The summed E-state index contributed by atoms with van der Waals surface area (Å²) in [4.78, 5) is 12.6. The zero-order valence-electron chi connectivity index (χ0n) is 16.2. The maximum absolute atomic E-state index is 12.6. The average Bonchev–Trinajstić information content (AvgIpc) is 3.02. The number of carbonyl (C=O) groups excluding carboxylic acids is 1. The molecule has 0 bridgehead atoms. The Labute approximate surface area is 187 Å². The minimum absolute atomic E-state index is 0. The number of carbonyl (C=O) groups is 1. The third-order valence-electron chi connectivity index (χ3n) is 5.59. The summed E-state index contributed by atoms with van der Waals surface area (Å²) in [5.74, 6) is 1.33. The SMILES string of the molecule is [CH2-]Oc1cccc(CC2CCC(=O)C2c2ccc(C(C)(C)CO)cc2)c1.[Y]. The molecular formula is C23H27O3Y-. The van der Waals surface area contributed by atoms with Crippen molar-refractivity contribution in [3.63, 3.8) is 0 Å². The van der Waals surface area contributed by atoms with Gasteiger partial charge in [-0.05, 0) is 47.6 Å². The summed E-state index contributed by atoms with van der Waals surface area (Å²) in [6.07, 6.45) is 2.42. The third kappa shape index (κ3) is 5.07. The second kappa shape index (κ2) is 9.45. The zero-order chi connectivity index (χ0) is 18.7. The molecule has 27 heavy (non-hydrogen) atoms. The van der Waals surface area contributed by atoms with Gasteiger partial charge in [-0.1, -0.05) is 50.2 Å². The number of Topliss-reactive ketones (excluding diaryl/α,β-unsaturated/α-hetero) is 1. The van der Waals surface area contributed by atoms with Crippen LogP contribution in [0.2, 0.25) is 0 Å². The molecule has 2 aromatic carbocycles. The monoisotopic (exact) mass is 440 g/mol. The molecule has 141 valence electrons. The fourth-order valence-corrected chi connectivity index (χ4v) is 3.89. The molecule has 4 heteroatoms. The van der Waals surface area contributed by atoms with Gasteiger partial charge in [-0.2, -0.15) is 7.11 Å². The molecule has 2 atom stereocenters. The number of hydrogen-bond donors (Lipinski definition) is 1. The Morgan fingerprint density at radius 1 is 1.19 bits per heavy atom. The zero-order valence-corrected chi connectivity index (χ0v) is 19.0. The van der Waals surface area contributed by atoms with Crippen molar-refractivity contribution in [2.24, 2.45) is 5.92 Å². The van der Waals surface area contributed by atoms with Crippen LogP contribution in [0.25, 0.3) is 0 Å². The first-order valence-electron chi connectivity index (χ1n) is 9.19. The molecule has 0 aromatic heterocycles. The number of rotatable bonds is 6. The maximum atomic E-state index is 12.6. The van der Waals surface area contributed by atoms with Crippen LogP contribution in [-0.2, 0) is 49.3 Å². The summed E-state index contributed by atoms with van der Waals surface area (Å²) in [5, 5.41) is 9.55. The van der Waals surface area contributed by atoms with Gasteiger partial charge in [0.1, 0.15) is 5.78 Å². The van der Waals surface area contributed by atoms with E-state index in [9.17, 15) is 9.90 Å².